The number of rotatable bonds is 8. The third kappa shape index (κ3) is 4.59. The van der Waals surface area contributed by atoms with Gasteiger partial charge in [0, 0.05) is 52.1 Å². The Morgan fingerprint density at radius 2 is 1.86 bits per heavy atom. The monoisotopic (exact) mass is 498 g/mol. The Labute approximate surface area is 204 Å². The van der Waals surface area contributed by atoms with Gasteiger partial charge >= 0.3 is 5.69 Å². The molecule has 0 unspecified atom stereocenters. The van der Waals surface area contributed by atoms with Crippen molar-refractivity contribution in [2.24, 2.45) is 7.05 Å². The normalized spacial score (nSPS) is 14.7. The number of aromatic amines is 1. The van der Waals surface area contributed by atoms with E-state index in [2.05, 4.69) is 30.3 Å². The van der Waals surface area contributed by atoms with Gasteiger partial charge in [0.2, 0.25) is 11.1 Å². The van der Waals surface area contributed by atoms with Crippen molar-refractivity contribution in [3.05, 3.63) is 51.2 Å². The summed E-state index contributed by atoms with van der Waals surface area (Å²) in [5.41, 5.74) is 0.623. The third-order valence-corrected chi connectivity index (χ3v) is 6.95. The molecule has 0 amide bonds. The molecule has 0 spiro atoms. The Morgan fingerprint density at radius 1 is 1.09 bits per heavy atom. The van der Waals surface area contributed by atoms with Crippen LogP contribution in [0, 0.1) is 0 Å². The molecule has 35 heavy (non-hydrogen) atoms. The number of hydrogen-bond acceptors (Lipinski definition) is 10. The van der Waals surface area contributed by atoms with Crippen LogP contribution in [0.2, 0.25) is 0 Å². The number of hydrogen-bond donors (Lipinski definition) is 2. The van der Waals surface area contributed by atoms with Crippen molar-refractivity contribution in [3.8, 4) is 5.69 Å². The maximum atomic E-state index is 12.8. The average molecular weight is 499 g/mol. The number of nitrogens with one attached hydrogen (secondary N) is 1. The summed E-state index contributed by atoms with van der Waals surface area (Å²) in [7, 11) is 1.60. The second kappa shape index (κ2) is 10.0. The van der Waals surface area contributed by atoms with Gasteiger partial charge in [0.05, 0.1) is 12.3 Å². The molecule has 184 valence electrons. The molecule has 1 aromatic carbocycles. The molecule has 0 bridgehead atoms. The molecule has 0 saturated carbocycles. The minimum atomic E-state index is -0.497. The number of aliphatic hydroxyl groups excluding tert-OH is 1. The minimum absolute atomic E-state index is 0.121. The average Bonchev–Trinajstić information content (AvgIpc) is 3.49. The molecule has 3 aromatic heterocycles. The Balaban J connectivity index is 1.43. The fourth-order valence-electron chi connectivity index (χ4n) is 4.22. The lowest BCUT2D eigenvalue weighted by molar-refractivity contribution is 0.188. The summed E-state index contributed by atoms with van der Waals surface area (Å²) in [6.45, 7) is 4.18. The summed E-state index contributed by atoms with van der Waals surface area (Å²) < 4.78 is 4.91. The first-order valence-corrected chi connectivity index (χ1v) is 12.3. The topological polar surface area (TPSA) is 143 Å². The summed E-state index contributed by atoms with van der Waals surface area (Å²) >= 11 is 1.47. The molecular formula is C21H26N10O3S. The number of aromatic nitrogens is 8. The van der Waals surface area contributed by atoms with Crippen LogP contribution in [0.4, 0.5) is 5.95 Å². The summed E-state index contributed by atoms with van der Waals surface area (Å²) in [6.07, 6.45) is 0. The molecule has 1 saturated heterocycles. The number of piperazine rings is 1. The number of imidazole rings is 1. The van der Waals surface area contributed by atoms with Gasteiger partial charge in [-0.1, -0.05) is 30.0 Å². The summed E-state index contributed by atoms with van der Waals surface area (Å²) in [4.78, 5) is 36.4. The van der Waals surface area contributed by atoms with Gasteiger partial charge in [-0.3, -0.25) is 19.2 Å². The van der Waals surface area contributed by atoms with E-state index in [-0.39, 0.29) is 6.61 Å². The molecule has 4 aromatic rings. The number of aliphatic hydroxyl groups is 1. The molecular weight excluding hydrogens is 472 g/mol. The van der Waals surface area contributed by atoms with Crippen LogP contribution in [0.1, 0.15) is 0 Å². The predicted octanol–water partition coefficient (Wildman–Crippen LogP) is -0.694. The summed E-state index contributed by atoms with van der Waals surface area (Å²) in [5, 5.41) is 21.9. The molecule has 1 fully saturated rings. The highest BCUT2D eigenvalue weighted by Gasteiger charge is 2.25. The third-order valence-electron chi connectivity index (χ3n) is 6.05. The highest BCUT2D eigenvalue weighted by atomic mass is 32.2. The number of para-hydroxylation sites is 1. The first-order chi connectivity index (χ1) is 17.1. The van der Waals surface area contributed by atoms with E-state index in [1.807, 2.05) is 34.9 Å². The van der Waals surface area contributed by atoms with Crippen molar-refractivity contribution in [3.63, 3.8) is 0 Å². The number of thioether (sulfide) groups is 1. The van der Waals surface area contributed by atoms with Crippen molar-refractivity contribution >= 4 is 28.9 Å². The molecule has 4 heterocycles. The second-order valence-corrected chi connectivity index (χ2v) is 9.23. The van der Waals surface area contributed by atoms with Crippen LogP contribution in [-0.2, 0) is 13.6 Å². The van der Waals surface area contributed by atoms with E-state index in [1.54, 1.807) is 11.7 Å². The van der Waals surface area contributed by atoms with Gasteiger partial charge in [0.15, 0.2) is 11.2 Å². The van der Waals surface area contributed by atoms with E-state index in [4.69, 9.17) is 4.98 Å². The fraction of sp³-hybridized carbons (Fsp3) is 0.429. The zero-order valence-electron chi connectivity index (χ0n) is 19.2. The van der Waals surface area contributed by atoms with Crippen LogP contribution >= 0.6 is 11.8 Å². The van der Waals surface area contributed by atoms with Gasteiger partial charge in [-0.25, -0.2) is 4.79 Å². The first-order valence-electron chi connectivity index (χ1n) is 11.3. The number of fused-ring (bicyclic) bond motifs is 1. The van der Waals surface area contributed by atoms with Gasteiger partial charge < -0.3 is 14.6 Å². The first kappa shape index (κ1) is 23.3. The Hall–Kier alpha value is -3.49. The van der Waals surface area contributed by atoms with Crippen LogP contribution in [0.5, 0.6) is 0 Å². The lowest BCUT2D eigenvalue weighted by atomic mass is 10.3. The van der Waals surface area contributed by atoms with Gasteiger partial charge in [-0.15, -0.1) is 5.10 Å². The van der Waals surface area contributed by atoms with Crippen molar-refractivity contribution in [1.82, 2.24) is 44.2 Å². The standard InChI is InChI=1S/C21H26N10O3S/c1-27-17-16(18(33)23-20(27)34)30(19(22-17)29-9-7-28(8-10-29)11-13-32)12-14-35-21-24-25-26-31(21)15-5-3-2-4-6-15/h2-6,32H,7-14H2,1H3,(H,23,33,34). The van der Waals surface area contributed by atoms with Crippen LogP contribution in [0.15, 0.2) is 45.1 Å². The molecule has 14 heteroatoms. The predicted molar refractivity (Wildman–Crippen MR) is 131 cm³/mol. The summed E-state index contributed by atoms with van der Waals surface area (Å²) in [6, 6.07) is 9.63. The number of tetrazole rings is 1. The Kier molecular flexibility index (Phi) is 6.66. The van der Waals surface area contributed by atoms with E-state index in [9.17, 15) is 14.7 Å². The molecule has 0 radical (unpaired) electrons. The van der Waals surface area contributed by atoms with E-state index < -0.39 is 11.2 Å². The second-order valence-electron chi connectivity index (χ2n) is 8.16. The summed E-state index contributed by atoms with van der Waals surface area (Å²) in [5.74, 6) is 1.23. The highest BCUT2D eigenvalue weighted by molar-refractivity contribution is 7.99. The number of benzene rings is 1. The largest absolute Gasteiger partial charge is 0.395 e. The molecule has 1 aliphatic rings. The molecule has 0 atom stereocenters. The quantitative estimate of drug-likeness (QED) is 0.300. The van der Waals surface area contributed by atoms with Gasteiger partial charge in [-0.2, -0.15) is 9.67 Å². The molecule has 5 rings (SSSR count). The van der Waals surface area contributed by atoms with E-state index in [0.717, 1.165) is 18.8 Å². The van der Waals surface area contributed by atoms with E-state index in [1.165, 1.54) is 16.3 Å². The SMILES string of the molecule is Cn1c(=O)[nH]c(=O)c2c1nc(N1CCN(CCO)CC1)n2CCSc1nnnn1-c1ccccc1. The van der Waals surface area contributed by atoms with Crippen LogP contribution in [-0.4, -0.2) is 94.4 Å². The van der Waals surface area contributed by atoms with Crippen molar-refractivity contribution in [2.45, 2.75) is 11.7 Å². The maximum Gasteiger partial charge on any atom is 0.329 e. The maximum absolute atomic E-state index is 12.8. The smallest absolute Gasteiger partial charge is 0.329 e. The number of anilines is 1. The zero-order valence-corrected chi connectivity index (χ0v) is 20.1. The van der Waals surface area contributed by atoms with E-state index in [0.29, 0.717) is 54.2 Å². The number of aryl methyl sites for hydroxylation is 2. The molecule has 13 nitrogen and oxygen atoms in total. The lowest BCUT2D eigenvalue weighted by Crippen LogP contribution is -2.48. The van der Waals surface area contributed by atoms with Gasteiger partial charge in [0.25, 0.3) is 5.56 Å². The van der Waals surface area contributed by atoms with Crippen molar-refractivity contribution < 1.29 is 5.11 Å². The molecule has 1 aliphatic heterocycles. The van der Waals surface area contributed by atoms with Crippen molar-refractivity contribution in [1.29, 1.82) is 0 Å². The van der Waals surface area contributed by atoms with Gasteiger partial charge in [0.1, 0.15) is 0 Å². The molecule has 2 N–H and O–H groups in total. The van der Waals surface area contributed by atoms with Crippen LogP contribution < -0.4 is 16.1 Å². The van der Waals surface area contributed by atoms with Crippen molar-refractivity contribution in [2.75, 3.05) is 50.0 Å². The number of nitrogens with zero attached hydrogens (tertiary/aromatic N) is 9. The Bertz CT molecular complexity index is 1420. The van der Waals surface area contributed by atoms with E-state index >= 15 is 0 Å². The van der Waals surface area contributed by atoms with Crippen LogP contribution in [0.3, 0.4) is 0 Å². The fourth-order valence-corrected chi connectivity index (χ4v) is 5.03. The lowest BCUT2D eigenvalue weighted by Gasteiger charge is -2.35. The zero-order chi connectivity index (χ0) is 24.4. The Morgan fingerprint density at radius 3 is 2.60 bits per heavy atom. The minimum Gasteiger partial charge on any atom is -0.395 e. The van der Waals surface area contributed by atoms with Gasteiger partial charge in [-0.05, 0) is 22.6 Å². The number of H-pyrrole nitrogens is 1. The highest BCUT2D eigenvalue weighted by Crippen LogP contribution is 2.24. The number of β-amino-alcohol motifs (C(OH)–C–C–N with tert-alkyl or cyclic N) is 1. The molecule has 0 aliphatic carbocycles. The van der Waals surface area contributed by atoms with Crippen LogP contribution in [0.25, 0.3) is 16.9 Å².